The van der Waals surface area contributed by atoms with Gasteiger partial charge in [-0.1, -0.05) is 6.07 Å². The lowest BCUT2D eigenvalue weighted by atomic mass is 9.80. The van der Waals surface area contributed by atoms with E-state index in [4.69, 9.17) is 10.5 Å². The van der Waals surface area contributed by atoms with E-state index in [1.165, 1.54) is 0 Å². The van der Waals surface area contributed by atoms with Crippen molar-refractivity contribution >= 4 is 16.9 Å². The Morgan fingerprint density at radius 2 is 2.07 bits per heavy atom. The second-order valence-electron chi connectivity index (χ2n) is 8.76. The molecule has 2 aliphatic rings. The van der Waals surface area contributed by atoms with Gasteiger partial charge < -0.3 is 25.3 Å². The molecule has 0 aromatic carbocycles. The van der Waals surface area contributed by atoms with E-state index in [1.54, 1.807) is 18.6 Å². The maximum absolute atomic E-state index is 11.0. The molecular formula is C22H27N5O3. The highest BCUT2D eigenvalue weighted by molar-refractivity contribution is 5.78. The summed E-state index contributed by atoms with van der Waals surface area (Å²) in [7, 11) is 0. The smallest absolute Gasteiger partial charge is 0.143 e. The number of hydrogen-bond donors (Lipinski definition) is 3. The summed E-state index contributed by atoms with van der Waals surface area (Å²) in [4.78, 5) is 12.8. The Bertz CT molecular complexity index is 1050. The molecule has 1 saturated heterocycles. The first-order valence-electron chi connectivity index (χ1n) is 10.4. The summed E-state index contributed by atoms with van der Waals surface area (Å²) in [5.41, 5.74) is 8.03. The molecule has 0 bridgehead atoms. The number of rotatable bonds is 4. The first-order valence-corrected chi connectivity index (χ1v) is 10.4. The van der Waals surface area contributed by atoms with Crippen molar-refractivity contribution in [2.45, 2.75) is 57.0 Å². The topological polar surface area (TPSA) is 119 Å². The molecule has 1 aliphatic heterocycles. The molecule has 1 saturated carbocycles. The van der Waals surface area contributed by atoms with E-state index in [9.17, 15) is 10.2 Å². The highest BCUT2D eigenvalue weighted by Crippen LogP contribution is 2.52. The van der Waals surface area contributed by atoms with Crippen LogP contribution >= 0.6 is 0 Å². The van der Waals surface area contributed by atoms with Gasteiger partial charge in [-0.05, 0) is 50.3 Å². The van der Waals surface area contributed by atoms with Gasteiger partial charge in [0, 0.05) is 23.2 Å². The van der Waals surface area contributed by atoms with Crippen molar-refractivity contribution < 1.29 is 14.9 Å². The average molecular weight is 409 g/mol. The van der Waals surface area contributed by atoms with Gasteiger partial charge in [-0.2, -0.15) is 0 Å². The van der Waals surface area contributed by atoms with Gasteiger partial charge in [-0.3, -0.25) is 0 Å². The molecule has 158 valence electrons. The molecule has 4 heterocycles. The molecule has 4 N–H and O–H groups in total. The third kappa shape index (κ3) is 3.15. The standard InChI is InChI=1S/C22H27N5O3/c1-13-16-6-7-27(21(16)26-12-25-13)17-9-22(20(29)19(17)28)8-15(30-11-22)4-2-14-3-5-18(23)24-10-14/h3,5-7,10,12,15,17,19-20,28-29H,2,4,8-9,11H2,1H3,(H2,23,24). The largest absolute Gasteiger partial charge is 0.390 e. The minimum absolute atomic E-state index is 0.0501. The van der Waals surface area contributed by atoms with Gasteiger partial charge >= 0.3 is 0 Å². The average Bonchev–Trinajstić information content (AvgIpc) is 3.42. The SMILES string of the molecule is Cc1ncnc2c1ccn2C1CC2(COC(CCc3ccc(N)nc3)C2)C(O)C1O. The predicted molar refractivity (Wildman–Crippen MR) is 112 cm³/mol. The van der Waals surface area contributed by atoms with Gasteiger partial charge in [0.2, 0.25) is 0 Å². The Morgan fingerprint density at radius 3 is 2.87 bits per heavy atom. The lowest BCUT2D eigenvalue weighted by Crippen LogP contribution is -2.37. The lowest BCUT2D eigenvalue weighted by molar-refractivity contribution is -0.0309. The highest BCUT2D eigenvalue weighted by atomic mass is 16.5. The third-order valence-corrected chi connectivity index (χ3v) is 6.87. The summed E-state index contributed by atoms with van der Waals surface area (Å²) in [6.07, 6.45) is 6.72. The monoisotopic (exact) mass is 409 g/mol. The maximum atomic E-state index is 11.0. The number of aryl methyl sites for hydroxylation is 2. The van der Waals surface area contributed by atoms with Gasteiger partial charge in [0.05, 0.1) is 30.6 Å². The summed E-state index contributed by atoms with van der Waals surface area (Å²) in [5.74, 6) is 0.516. The minimum Gasteiger partial charge on any atom is -0.390 e. The molecule has 5 atom stereocenters. The number of aliphatic hydroxyl groups excluding tert-OH is 2. The quantitative estimate of drug-likeness (QED) is 0.601. The van der Waals surface area contributed by atoms with Crippen LogP contribution in [-0.4, -0.2) is 54.7 Å². The number of nitrogen functional groups attached to an aromatic ring is 1. The molecule has 0 amide bonds. The number of ether oxygens (including phenoxy) is 1. The molecule has 30 heavy (non-hydrogen) atoms. The van der Waals surface area contributed by atoms with Crippen LogP contribution in [0.25, 0.3) is 11.0 Å². The molecule has 5 rings (SSSR count). The van der Waals surface area contributed by atoms with Crippen LogP contribution in [0.5, 0.6) is 0 Å². The van der Waals surface area contributed by atoms with Crippen LogP contribution in [0.2, 0.25) is 0 Å². The Morgan fingerprint density at radius 1 is 1.20 bits per heavy atom. The zero-order chi connectivity index (χ0) is 20.9. The van der Waals surface area contributed by atoms with Crippen LogP contribution in [0.15, 0.2) is 36.9 Å². The first kappa shape index (κ1) is 19.4. The molecule has 1 aliphatic carbocycles. The second kappa shape index (κ2) is 7.30. The Balaban J connectivity index is 1.32. The van der Waals surface area contributed by atoms with E-state index in [0.29, 0.717) is 18.8 Å². The zero-order valence-electron chi connectivity index (χ0n) is 17.0. The molecule has 3 aromatic rings. The Labute approximate surface area is 174 Å². The number of aromatic nitrogens is 4. The van der Waals surface area contributed by atoms with E-state index >= 15 is 0 Å². The van der Waals surface area contributed by atoms with Crippen molar-refractivity contribution in [2.75, 3.05) is 12.3 Å². The van der Waals surface area contributed by atoms with Gasteiger partial charge in [0.15, 0.2) is 0 Å². The van der Waals surface area contributed by atoms with Crippen molar-refractivity contribution in [1.82, 2.24) is 19.5 Å². The normalized spacial score (nSPS) is 31.2. The lowest BCUT2D eigenvalue weighted by Gasteiger charge is -2.26. The molecule has 0 radical (unpaired) electrons. The Hall–Kier alpha value is -2.55. The fourth-order valence-corrected chi connectivity index (χ4v) is 5.16. The second-order valence-corrected chi connectivity index (χ2v) is 8.76. The van der Waals surface area contributed by atoms with Crippen molar-refractivity contribution in [3.8, 4) is 0 Å². The van der Waals surface area contributed by atoms with Crippen LogP contribution in [0.3, 0.4) is 0 Å². The number of nitrogens with zero attached hydrogens (tertiary/aromatic N) is 4. The van der Waals surface area contributed by atoms with E-state index in [2.05, 4.69) is 15.0 Å². The fourth-order valence-electron chi connectivity index (χ4n) is 5.16. The van der Waals surface area contributed by atoms with E-state index in [1.807, 2.05) is 29.8 Å². The molecule has 3 aromatic heterocycles. The zero-order valence-corrected chi connectivity index (χ0v) is 17.0. The van der Waals surface area contributed by atoms with Crippen LogP contribution in [0, 0.1) is 12.3 Å². The summed E-state index contributed by atoms with van der Waals surface area (Å²) in [6, 6.07) is 5.53. The van der Waals surface area contributed by atoms with Gasteiger partial charge in [0.1, 0.15) is 23.9 Å². The summed E-state index contributed by atoms with van der Waals surface area (Å²) in [5, 5.41) is 22.9. The number of pyridine rings is 1. The van der Waals surface area contributed by atoms with Crippen molar-refractivity contribution in [3.63, 3.8) is 0 Å². The molecule has 2 fully saturated rings. The van der Waals surface area contributed by atoms with Crippen LogP contribution < -0.4 is 5.73 Å². The van der Waals surface area contributed by atoms with Gasteiger partial charge in [0.25, 0.3) is 0 Å². The number of fused-ring (bicyclic) bond motifs is 1. The summed E-state index contributed by atoms with van der Waals surface area (Å²) >= 11 is 0. The third-order valence-electron chi connectivity index (χ3n) is 6.87. The first-order chi connectivity index (χ1) is 14.5. The van der Waals surface area contributed by atoms with Crippen LogP contribution in [0.4, 0.5) is 5.82 Å². The predicted octanol–water partition coefficient (Wildman–Crippen LogP) is 1.79. The fraction of sp³-hybridized carbons (Fsp3) is 0.500. The number of anilines is 1. The van der Waals surface area contributed by atoms with E-state index in [-0.39, 0.29) is 12.1 Å². The summed E-state index contributed by atoms with van der Waals surface area (Å²) < 4.78 is 8.06. The van der Waals surface area contributed by atoms with Crippen LogP contribution in [0.1, 0.15) is 36.6 Å². The molecule has 8 nitrogen and oxygen atoms in total. The van der Waals surface area contributed by atoms with E-state index in [0.717, 1.165) is 41.6 Å². The molecule has 5 unspecified atom stereocenters. The van der Waals surface area contributed by atoms with Crippen molar-refractivity contribution in [3.05, 3.63) is 48.2 Å². The van der Waals surface area contributed by atoms with Crippen molar-refractivity contribution in [1.29, 1.82) is 0 Å². The Kier molecular flexibility index (Phi) is 4.72. The summed E-state index contributed by atoms with van der Waals surface area (Å²) in [6.45, 7) is 2.40. The number of aliphatic hydroxyl groups is 2. The molecule has 8 heteroatoms. The van der Waals surface area contributed by atoms with Gasteiger partial charge in [-0.25, -0.2) is 15.0 Å². The number of hydrogen-bond acceptors (Lipinski definition) is 7. The molecular weight excluding hydrogens is 382 g/mol. The van der Waals surface area contributed by atoms with Crippen molar-refractivity contribution in [2.24, 2.45) is 5.41 Å². The van der Waals surface area contributed by atoms with Crippen LogP contribution in [-0.2, 0) is 11.2 Å². The maximum Gasteiger partial charge on any atom is 0.143 e. The van der Waals surface area contributed by atoms with Gasteiger partial charge in [-0.15, -0.1) is 0 Å². The highest BCUT2D eigenvalue weighted by Gasteiger charge is 2.57. The molecule has 1 spiro atoms. The number of nitrogens with two attached hydrogens (primary N) is 1. The van der Waals surface area contributed by atoms with E-state index < -0.39 is 17.6 Å². The minimum atomic E-state index is -0.862.